The quantitative estimate of drug-likeness (QED) is 0.0215. The molecule has 3 fully saturated rings. The van der Waals surface area contributed by atoms with E-state index >= 15 is 0 Å². The molecule has 0 saturated carbocycles. The molecule has 6 N–H and O–H groups in total. The maximum absolute atomic E-state index is 14.3. The molecule has 3 saturated heterocycles. The average molecular weight is 1460 g/mol. The maximum atomic E-state index is 14.3. The Kier molecular flexibility index (Phi) is 43.9. The number of nitrogens with one attached hydrogen (secondary N) is 5. The third-order valence-corrected chi connectivity index (χ3v) is 18.7. The molecule has 17 atom stereocenters. The van der Waals surface area contributed by atoms with E-state index in [9.17, 15) is 57.5 Å². The molecular formula is C72H121N5O25. The van der Waals surface area contributed by atoms with E-state index in [1.54, 1.807) is 0 Å². The normalized spacial score (nSPS) is 25.2. The van der Waals surface area contributed by atoms with Crippen molar-refractivity contribution >= 4 is 71.3 Å². The summed E-state index contributed by atoms with van der Waals surface area (Å²) >= 11 is 0. The standard InChI is InChI=1S/C72H121N5O25/c1-44-47(4)70(100-58(41-94-50(7)78)65(44)97-53(10)81)91-38-26-14-17-31-61(84)73-35-24-21-29-56(68(89)75-37-23-13-20-34-64(87)88)77-69(90)57(76-63(86)33-19-16-28-40-93-72-49(6)46(3)67(99-55(12)83)60(102-72)43-96-52(9)80)30-22-25-36-74-62(85)32-18-15-27-39-92-71-48(5)45(2)66(98-54(11)82)59(101-71)42-95-51(8)79/h44-49,56-60,65-67,70-72H,13-43H2,1-12H3,(H,73,84)(H,74,85)(H,75,89)(H,76,86)(H,77,90)(H,87,88). The van der Waals surface area contributed by atoms with Crippen LogP contribution in [-0.2, 0) is 114 Å². The number of carbonyl (C=O) groups excluding carboxylic acids is 11. The number of carbonyl (C=O) groups is 12. The molecule has 5 amide bonds. The van der Waals surface area contributed by atoms with Gasteiger partial charge in [0.15, 0.2) is 18.9 Å². The van der Waals surface area contributed by atoms with Gasteiger partial charge in [0.2, 0.25) is 29.5 Å². The summed E-state index contributed by atoms with van der Waals surface area (Å²) in [7, 11) is 0. The molecule has 3 rings (SSSR count). The topological polar surface area (TPSA) is 396 Å². The van der Waals surface area contributed by atoms with Crippen molar-refractivity contribution in [2.75, 3.05) is 59.3 Å². The van der Waals surface area contributed by atoms with Crippen LogP contribution in [0, 0.1) is 35.5 Å². The molecule has 0 radical (unpaired) electrons. The van der Waals surface area contributed by atoms with E-state index in [-0.39, 0.29) is 119 Å². The molecule has 102 heavy (non-hydrogen) atoms. The van der Waals surface area contributed by atoms with Gasteiger partial charge in [-0.15, -0.1) is 0 Å². The molecule has 584 valence electrons. The fraction of sp³-hybridized carbons (Fsp3) is 0.833. The van der Waals surface area contributed by atoms with E-state index in [0.29, 0.717) is 129 Å². The predicted octanol–water partition coefficient (Wildman–Crippen LogP) is 6.50. The van der Waals surface area contributed by atoms with Crippen LogP contribution in [0.25, 0.3) is 0 Å². The zero-order valence-corrected chi connectivity index (χ0v) is 62.5. The van der Waals surface area contributed by atoms with Gasteiger partial charge in [-0.1, -0.05) is 67.2 Å². The van der Waals surface area contributed by atoms with Crippen LogP contribution in [0.1, 0.15) is 224 Å². The van der Waals surface area contributed by atoms with Crippen LogP contribution >= 0.6 is 0 Å². The highest BCUT2D eigenvalue weighted by Crippen LogP contribution is 2.37. The van der Waals surface area contributed by atoms with Crippen molar-refractivity contribution in [3.05, 3.63) is 0 Å². The van der Waals surface area contributed by atoms with Gasteiger partial charge in [0, 0.05) is 142 Å². The first-order valence-corrected chi connectivity index (χ1v) is 36.8. The lowest BCUT2D eigenvalue weighted by molar-refractivity contribution is -0.273. The Labute approximate surface area is 601 Å². The number of amides is 5. The van der Waals surface area contributed by atoms with Gasteiger partial charge in [0.05, 0.1) is 0 Å². The lowest BCUT2D eigenvalue weighted by atomic mass is 9.84. The molecule has 30 nitrogen and oxygen atoms in total. The summed E-state index contributed by atoms with van der Waals surface area (Å²) in [6.45, 7) is 20.8. The zero-order chi connectivity index (χ0) is 75.7. The van der Waals surface area contributed by atoms with Gasteiger partial charge >= 0.3 is 41.8 Å². The second-order valence-electron chi connectivity index (χ2n) is 27.3. The number of carboxylic acid groups (broad SMARTS) is 1. The predicted molar refractivity (Wildman–Crippen MR) is 367 cm³/mol. The zero-order valence-electron chi connectivity index (χ0n) is 62.5. The molecule has 0 aromatic rings. The van der Waals surface area contributed by atoms with E-state index in [1.165, 1.54) is 41.5 Å². The number of carboxylic acids is 1. The Balaban J connectivity index is 1.59. The summed E-state index contributed by atoms with van der Waals surface area (Å²) in [6, 6.07) is -2.08. The van der Waals surface area contributed by atoms with Crippen molar-refractivity contribution < 1.29 is 119 Å². The Hall–Kier alpha value is -6.60. The highest BCUT2D eigenvalue weighted by Gasteiger charge is 2.47. The lowest BCUT2D eigenvalue weighted by Crippen LogP contribution is -2.53. The number of unbranched alkanes of at least 4 members (excludes halogenated alkanes) is 10. The van der Waals surface area contributed by atoms with Crippen molar-refractivity contribution in [1.29, 1.82) is 0 Å². The van der Waals surface area contributed by atoms with Crippen LogP contribution in [0.15, 0.2) is 0 Å². The lowest BCUT2D eigenvalue weighted by Gasteiger charge is -2.43. The molecule has 3 aliphatic rings. The summed E-state index contributed by atoms with van der Waals surface area (Å²) in [4.78, 5) is 149. The molecule has 30 heteroatoms. The number of ether oxygens (including phenoxy) is 12. The first kappa shape index (κ1) is 89.6. The van der Waals surface area contributed by atoms with E-state index in [0.717, 1.165) is 0 Å². The molecular weight excluding hydrogens is 1330 g/mol. The smallest absolute Gasteiger partial charge is 0.303 e. The Morgan fingerprint density at radius 1 is 0.343 bits per heavy atom. The fourth-order valence-corrected chi connectivity index (χ4v) is 12.3. The summed E-state index contributed by atoms with van der Waals surface area (Å²) in [5.41, 5.74) is 0. The van der Waals surface area contributed by atoms with E-state index in [2.05, 4.69) is 26.6 Å². The van der Waals surface area contributed by atoms with Crippen molar-refractivity contribution in [3.63, 3.8) is 0 Å². The molecule has 3 heterocycles. The van der Waals surface area contributed by atoms with Gasteiger partial charge in [0.25, 0.3) is 0 Å². The fourth-order valence-electron chi connectivity index (χ4n) is 12.3. The van der Waals surface area contributed by atoms with Gasteiger partial charge in [-0.2, -0.15) is 0 Å². The minimum atomic E-state index is -1.06. The molecule has 0 aromatic heterocycles. The second kappa shape index (κ2) is 50.0. The van der Waals surface area contributed by atoms with E-state index < -0.39 is 127 Å². The van der Waals surface area contributed by atoms with Gasteiger partial charge in [-0.3, -0.25) is 57.5 Å². The molecule has 17 unspecified atom stereocenters. The molecule has 0 bridgehead atoms. The van der Waals surface area contributed by atoms with Gasteiger partial charge in [-0.25, -0.2) is 0 Å². The van der Waals surface area contributed by atoms with Crippen LogP contribution in [0.5, 0.6) is 0 Å². The highest BCUT2D eigenvalue weighted by molar-refractivity contribution is 5.92. The van der Waals surface area contributed by atoms with E-state index in [4.69, 9.17) is 61.9 Å². The summed E-state index contributed by atoms with van der Waals surface area (Å²) < 4.78 is 68.9. The van der Waals surface area contributed by atoms with Gasteiger partial charge < -0.3 is 88.5 Å². The maximum Gasteiger partial charge on any atom is 0.303 e. The third-order valence-electron chi connectivity index (χ3n) is 18.7. The molecule has 0 aromatic carbocycles. The monoisotopic (exact) mass is 1460 g/mol. The Morgan fingerprint density at radius 3 is 1.00 bits per heavy atom. The van der Waals surface area contributed by atoms with Crippen LogP contribution in [0.2, 0.25) is 0 Å². The Bertz CT molecular complexity index is 2600. The third kappa shape index (κ3) is 36.2. The number of hydrogen-bond donors (Lipinski definition) is 6. The van der Waals surface area contributed by atoms with Crippen LogP contribution in [0.3, 0.4) is 0 Å². The average Bonchev–Trinajstić information content (AvgIpc) is 0.820. The van der Waals surface area contributed by atoms with E-state index in [1.807, 2.05) is 41.5 Å². The summed E-state index contributed by atoms with van der Waals surface area (Å²) in [5.74, 6) is -6.51. The molecule has 3 aliphatic heterocycles. The van der Waals surface area contributed by atoms with Crippen LogP contribution < -0.4 is 26.6 Å². The second-order valence-corrected chi connectivity index (χ2v) is 27.3. The van der Waals surface area contributed by atoms with Crippen molar-refractivity contribution in [2.45, 2.75) is 292 Å². The first-order valence-electron chi connectivity index (χ1n) is 36.8. The molecule has 0 spiro atoms. The van der Waals surface area contributed by atoms with Gasteiger partial charge in [0.1, 0.15) is 68.5 Å². The summed E-state index contributed by atoms with van der Waals surface area (Å²) in [5, 5.41) is 23.6. The number of hydrogen-bond acceptors (Lipinski definition) is 24. The SMILES string of the molecule is CC(=O)OCC1OC(OCCCCCC(=O)NCCCCC(NC(=O)CCCCCOC2OC(COC(C)=O)C(OC(C)=O)C(C)C2C)C(=O)NC(CCCCNC(=O)CCCCCOC2OC(COC(C)=O)C(OC(C)=O)C(C)C2C)C(=O)NCCCCCC(=O)O)C(C)C(C)C1OC(C)=O. The number of rotatable bonds is 50. The van der Waals surface area contributed by atoms with Crippen molar-refractivity contribution in [1.82, 2.24) is 26.6 Å². The van der Waals surface area contributed by atoms with Crippen molar-refractivity contribution in [3.8, 4) is 0 Å². The minimum absolute atomic E-state index is 0.00814. The largest absolute Gasteiger partial charge is 0.481 e. The van der Waals surface area contributed by atoms with Crippen LogP contribution in [-0.4, -0.2) is 203 Å². The highest BCUT2D eigenvalue weighted by atomic mass is 16.7. The van der Waals surface area contributed by atoms with Gasteiger partial charge in [-0.05, 0) is 89.9 Å². The minimum Gasteiger partial charge on any atom is -0.481 e. The van der Waals surface area contributed by atoms with Crippen LogP contribution in [0.4, 0.5) is 0 Å². The first-order chi connectivity index (χ1) is 48.5. The number of aliphatic carboxylic acids is 1. The number of esters is 6. The Morgan fingerprint density at radius 2 is 0.657 bits per heavy atom. The summed E-state index contributed by atoms with van der Waals surface area (Å²) in [6.07, 6.45) is 3.66. The van der Waals surface area contributed by atoms with Crippen molar-refractivity contribution in [2.24, 2.45) is 35.5 Å². The molecule has 0 aliphatic carbocycles.